The maximum absolute atomic E-state index is 11.4. The Morgan fingerprint density at radius 3 is 2.71 bits per heavy atom. The molecule has 9 heteroatoms. The van der Waals surface area contributed by atoms with Gasteiger partial charge in [0.05, 0.1) is 12.3 Å². The monoisotopic (exact) mass is 412 g/mol. The number of hydrogen-bond acceptors (Lipinski definition) is 6. The number of nitrogens with zero attached hydrogens (tertiary/aromatic N) is 1. The highest BCUT2D eigenvalue weighted by atomic mass is 32.3. The molecule has 0 radical (unpaired) electrons. The van der Waals surface area contributed by atoms with Crippen LogP contribution in [0.2, 0.25) is 0 Å². The van der Waals surface area contributed by atoms with Crippen LogP contribution >= 0.6 is 0 Å². The van der Waals surface area contributed by atoms with Gasteiger partial charge in [-0.1, -0.05) is 31.3 Å². The molecule has 1 aromatic carbocycles. The van der Waals surface area contributed by atoms with Crippen LogP contribution in [-0.2, 0) is 25.9 Å². The summed E-state index contributed by atoms with van der Waals surface area (Å²) in [5.41, 5.74) is 2.47. The van der Waals surface area contributed by atoms with E-state index in [1.54, 1.807) is 0 Å². The number of unbranched alkanes of at least 4 members (excludes halogenated alkanes) is 3. The predicted molar refractivity (Wildman–Crippen MR) is 107 cm³/mol. The maximum atomic E-state index is 11.4. The lowest BCUT2D eigenvalue weighted by Crippen LogP contribution is -2.18. The Hall–Kier alpha value is -2.13. The van der Waals surface area contributed by atoms with Gasteiger partial charge in [0.25, 0.3) is 0 Å². The van der Waals surface area contributed by atoms with Gasteiger partial charge in [-0.05, 0) is 55.9 Å². The number of benzene rings is 1. The third-order valence-electron chi connectivity index (χ3n) is 4.43. The molecule has 2 rings (SSSR count). The highest BCUT2D eigenvalue weighted by Crippen LogP contribution is 2.26. The molecule has 2 N–H and O–H groups in total. The van der Waals surface area contributed by atoms with Crippen molar-refractivity contribution in [1.29, 1.82) is 0 Å². The number of carbonyl (C=O) groups excluding carboxylic acids is 1. The van der Waals surface area contributed by atoms with Gasteiger partial charge in [0.15, 0.2) is 0 Å². The second kappa shape index (κ2) is 11.0. The molecule has 28 heavy (non-hydrogen) atoms. The van der Waals surface area contributed by atoms with Gasteiger partial charge in [-0.15, -0.1) is 0 Å². The lowest BCUT2D eigenvalue weighted by atomic mass is 10.0. The number of rotatable bonds is 12. The average molecular weight is 413 g/mol. The molecule has 0 atom stereocenters. The number of anilines is 1. The lowest BCUT2D eigenvalue weighted by molar-refractivity contribution is -0.116. The molecule has 1 amide bonds. The Morgan fingerprint density at radius 1 is 1.18 bits per heavy atom. The number of fused-ring (bicyclic) bond motifs is 1. The van der Waals surface area contributed by atoms with Crippen molar-refractivity contribution in [2.75, 3.05) is 11.9 Å². The summed E-state index contributed by atoms with van der Waals surface area (Å²) < 4.78 is 40.1. The minimum Gasteiger partial charge on any atom is -0.494 e. The second-order valence-electron chi connectivity index (χ2n) is 6.79. The fourth-order valence-corrected chi connectivity index (χ4v) is 3.19. The van der Waals surface area contributed by atoms with Crippen LogP contribution in [0.5, 0.6) is 5.75 Å². The van der Waals surface area contributed by atoms with E-state index in [0.29, 0.717) is 44.4 Å². The average Bonchev–Trinajstić information content (AvgIpc) is 2.65. The van der Waals surface area contributed by atoms with E-state index >= 15 is 0 Å². The van der Waals surface area contributed by atoms with Crippen molar-refractivity contribution in [2.24, 2.45) is 5.16 Å². The van der Waals surface area contributed by atoms with Crippen molar-refractivity contribution < 1.29 is 26.8 Å². The Labute approximate surface area is 166 Å². The Balaban J connectivity index is 1.81. The number of hydrogen-bond donors (Lipinski definition) is 2. The summed E-state index contributed by atoms with van der Waals surface area (Å²) in [4.78, 5) is 11.4. The van der Waals surface area contributed by atoms with Crippen LogP contribution in [0.15, 0.2) is 23.4 Å². The van der Waals surface area contributed by atoms with Crippen LogP contribution in [0.3, 0.4) is 0 Å². The van der Waals surface area contributed by atoms with E-state index in [0.717, 1.165) is 42.7 Å². The van der Waals surface area contributed by atoms with Crippen LogP contribution in [-0.4, -0.2) is 31.2 Å². The van der Waals surface area contributed by atoms with Crippen molar-refractivity contribution >= 4 is 27.7 Å². The van der Waals surface area contributed by atoms with Gasteiger partial charge in [-0.25, -0.2) is 4.28 Å². The van der Waals surface area contributed by atoms with Crippen molar-refractivity contribution in [2.45, 2.75) is 64.7 Å². The number of nitrogens with one attached hydrogen (secondary N) is 1. The SMILES string of the molecule is CCCCCCC(CCCOc1ccc2c(c1)CCC(=O)N2)=NOS(=O)(=O)O. The fraction of sp³-hybridized carbons (Fsp3) is 0.579. The topological polar surface area (TPSA) is 114 Å². The van der Waals surface area contributed by atoms with E-state index in [1.807, 2.05) is 18.2 Å². The first-order valence-electron chi connectivity index (χ1n) is 9.65. The van der Waals surface area contributed by atoms with E-state index in [9.17, 15) is 13.2 Å². The standard InChI is InChI=1S/C19H28N2O6S/c1-2-3-4-5-7-16(21-27-28(23,24)25)8-6-13-26-17-10-11-18-15(14-17)9-12-19(22)20-18/h10-11,14H,2-9,12-13H2,1H3,(H,20,22)(H,23,24,25). The zero-order valence-electron chi connectivity index (χ0n) is 16.1. The van der Waals surface area contributed by atoms with E-state index in [4.69, 9.17) is 9.29 Å². The molecule has 0 aromatic heterocycles. The van der Waals surface area contributed by atoms with Crippen LogP contribution in [0.1, 0.15) is 63.9 Å². The van der Waals surface area contributed by atoms with Gasteiger partial charge in [-0.3, -0.25) is 9.35 Å². The third-order valence-corrected chi connectivity index (χ3v) is 4.69. The van der Waals surface area contributed by atoms with Gasteiger partial charge >= 0.3 is 10.4 Å². The van der Waals surface area contributed by atoms with Crippen molar-refractivity contribution in [3.63, 3.8) is 0 Å². The van der Waals surface area contributed by atoms with Crippen molar-refractivity contribution in [3.05, 3.63) is 23.8 Å². The molecule has 1 aliphatic rings. The summed E-state index contributed by atoms with van der Waals surface area (Å²) in [6, 6.07) is 5.57. The van der Waals surface area contributed by atoms with Gasteiger partial charge in [0.2, 0.25) is 5.91 Å². The van der Waals surface area contributed by atoms with Crippen LogP contribution in [0, 0.1) is 0 Å². The molecule has 0 saturated carbocycles. The van der Waals surface area contributed by atoms with Crippen molar-refractivity contribution in [1.82, 2.24) is 0 Å². The van der Waals surface area contributed by atoms with Gasteiger partial charge in [0, 0.05) is 12.1 Å². The molecule has 0 saturated heterocycles. The summed E-state index contributed by atoms with van der Waals surface area (Å²) in [6.45, 7) is 2.55. The van der Waals surface area contributed by atoms with E-state index in [-0.39, 0.29) is 5.91 Å². The van der Waals surface area contributed by atoms with E-state index in [2.05, 4.69) is 21.7 Å². The highest BCUT2D eigenvalue weighted by molar-refractivity contribution is 7.80. The van der Waals surface area contributed by atoms with E-state index in [1.165, 1.54) is 0 Å². The zero-order valence-corrected chi connectivity index (χ0v) is 17.0. The van der Waals surface area contributed by atoms with Gasteiger partial charge in [0.1, 0.15) is 5.75 Å². The molecule has 1 heterocycles. The minimum absolute atomic E-state index is 0.0269. The number of aryl methyl sites for hydroxylation is 1. The summed E-state index contributed by atoms with van der Waals surface area (Å²) in [6.07, 6.45) is 7.07. The molecule has 0 spiro atoms. The molecule has 1 aromatic rings. The molecule has 0 bridgehead atoms. The maximum Gasteiger partial charge on any atom is 0.466 e. The van der Waals surface area contributed by atoms with Gasteiger partial charge < -0.3 is 10.1 Å². The molecule has 156 valence electrons. The first kappa shape index (κ1) is 22.2. The summed E-state index contributed by atoms with van der Waals surface area (Å²) in [5.74, 6) is 0.754. The quantitative estimate of drug-likeness (QED) is 0.233. The van der Waals surface area contributed by atoms with Crippen molar-refractivity contribution in [3.8, 4) is 5.75 Å². The predicted octanol–water partition coefficient (Wildman–Crippen LogP) is 3.88. The lowest BCUT2D eigenvalue weighted by Gasteiger charge is -2.17. The van der Waals surface area contributed by atoms with Crippen LogP contribution in [0.25, 0.3) is 0 Å². The van der Waals surface area contributed by atoms with Gasteiger partial charge in [-0.2, -0.15) is 8.42 Å². The first-order valence-corrected chi connectivity index (χ1v) is 11.0. The highest BCUT2D eigenvalue weighted by Gasteiger charge is 2.15. The minimum atomic E-state index is -4.59. The number of carbonyl (C=O) groups is 1. The zero-order chi connectivity index (χ0) is 20.4. The number of amides is 1. The Morgan fingerprint density at radius 2 is 1.96 bits per heavy atom. The van der Waals surface area contributed by atoms with Crippen LogP contribution < -0.4 is 10.1 Å². The Bertz CT molecular complexity index is 792. The van der Waals surface area contributed by atoms with Crippen LogP contribution in [0.4, 0.5) is 5.69 Å². The van der Waals surface area contributed by atoms with E-state index < -0.39 is 10.4 Å². The second-order valence-corrected chi connectivity index (χ2v) is 7.79. The molecule has 0 unspecified atom stereocenters. The Kier molecular flexibility index (Phi) is 8.72. The number of oxime groups is 1. The number of ether oxygens (including phenoxy) is 1. The smallest absolute Gasteiger partial charge is 0.466 e. The first-order chi connectivity index (χ1) is 13.4. The molecule has 8 nitrogen and oxygen atoms in total. The molecular weight excluding hydrogens is 384 g/mol. The molecule has 0 aliphatic carbocycles. The summed E-state index contributed by atoms with van der Waals surface area (Å²) in [7, 11) is -4.59. The largest absolute Gasteiger partial charge is 0.494 e. The third kappa shape index (κ3) is 8.26. The normalized spacial score (nSPS) is 14.4. The molecular formula is C19H28N2O6S. The fourth-order valence-electron chi connectivity index (χ4n) is 2.99. The molecule has 0 fully saturated rings. The summed E-state index contributed by atoms with van der Waals surface area (Å²) in [5, 5.41) is 6.42. The summed E-state index contributed by atoms with van der Waals surface area (Å²) >= 11 is 0. The molecule has 1 aliphatic heterocycles.